The van der Waals surface area contributed by atoms with E-state index in [9.17, 15) is 22.0 Å². The van der Waals surface area contributed by atoms with Crippen LogP contribution in [-0.4, -0.2) is 32.2 Å². The molecule has 2 atom stereocenters. The summed E-state index contributed by atoms with van der Waals surface area (Å²) in [4.78, 5) is 3.94. The molecule has 3 aromatic carbocycles. The number of nitrogens with zero attached hydrogens (tertiary/aromatic N) is 1. The van der Waals surface area contributed by atoms with E-state index < -0.39 is 18.2 Å². The third-order valence-corrected chi connectivity index (χ3v) is 7.87. The van der Waals surface area contributed by atoms with Crippen LogP contribution in [0, 0.1) is 11.8 Å². The third kappa shape index (κ3) is 8.09. The molecule has 0 saturated heterocycles. The molecule has 3 aromatic rings. The monoisotopic (exact) mass is 625 g/mol. The first-order valence-corrected chi connectivity index (χ1v) is 14.8. The average molecular weight is 626 g/mol. The van der Waals surface area contributed by atoms with E-state index in [-0.39, 0.29) is 30.0 Å². The van der Waals surface area contributed by atoms with Crippen LogP contribution in [0.25, 0.3) is 33.4 Å². The second-order valence-corrected chi connectivity index (χ2v) is 11.3. The molecule has 2 aliphatic rings. The van der Waals surface area contributed by atoms with Crippen LogP contribution in [0.4, 0.5) is 22.0 Å². The molecule has 0 fully saturated rings. The zero-order valence-corrected chi connectivity index (χ0v) is 24.6. The van der Waals surface area contributed by atoms with E-state index >= 15 is 0 Å². The molecule has 2 unspecified atom stereocenters. The van der Waals surface area contributed by atoms with Crippen LogP contribution in [0.5, 0.6) is 5.75 Å². The van der Waals surface area contributed by atoms with Gasteiger partial charge in [-0.15, -0.1) is 0 Å². The minimum Gasteiger partial charge on any atom is -0.493 e. The Morgan fingerprint density at radius 1 is 0.733 bits per heavy atom. The SMILES string of the molecule is NCCC1C=C1c1cc(-c2cc(OCCCN=C(N)N)cc(-c3cc(C4=CC4CCN)cc(C(F)(F)F)c3)c2)cc(C(F)F)c1. The van der Waals surface area contributed by atoms with Crippen LogP contribution in [-0.2, 0) is 6.18 Å². The van der Waals surface area contributed by atoms with Crippen molar-refractivity contribution in [3.05, 3.63) is 89.0 Å². The third-order valence-electron chi connectivity index (χ3n) is 7.87. The highest BCUT2D eigenvalue weighted by atomic mass is 19.4. The fourth-order valence-corrected chi connectivity index (χ4v) is 5.51. The smallest absolute Gasteiger partial charge is 0.416 e. The molecule has 0 aliphatic heterocycles. The number of benzene rings is 3. The minimum absolute atomic E-state index is 0.0390. The number of ether oxygens (including phenoxy) is 1. The Labute approximate surface area is 258 Å². The first-order valence-electron chi connectivity index (χ1n) is 14.8. The summed E-state index contributed by atoms with van der Waals surface area (Å²) in [6, 6.07) is 13.7. The predicted molar refractivity (Wildman–Crippen MR) is 168 cm³/mol. The van der Waals surface area contributed by atoms with Gasteiger partial charge in [0, 0.05) is 30.4 Å². The molecule has 2 aliphatic carbocycles. The lowest BCUT2D eigenvalue weighted by Gasteiger charge is -2.16. The number of hydrogen-bond donors (Lipinski definition) is 4. The maximum Gasteiger partial charge on any atom is 0.416 e. The highest BCUT2D eigenvalue weighted by Gasteiger charge is 2.34. The molecule has 0 radical (unpaired) electrons. The maximum absolute atomic E-state index is 14.1. The van der Waals surface area contributed by atoms with Crippen LogP contribution < -0.4 is 27.7 Å². The molecule has 45 heavy (non-hydrogen) atoms. The summed E-state index contributed by atoms with van der Waals surface area (Å²) in [5.74, 6) is 0.494. The summed E-state index contributed by atoms with van der Waals surface area (Å²) in [5, 5.41) is 0. The average Bonchev–Trinajstić information content (AvgIpc) is 3.93. The van der Waals surface area contributed by atoms with Gasteiger partial charge >= 0.3 is 6.18 Å². The van der Waals surface area contributed by atoms with E-state index in [4.69, 9.17) is 27.7 Å². The number of halogens is 5. The van der Waals surface area contributed by atoms with Crippen molar-refractivity contribution in [1.29, 1.82) is 0 Å². The van der Waals surface area contributed by atoms with Gasteiger partial charge in [-0.25, -0.2) is 8.78 Å². The van der Waals surface area contributed by atoms with E-state index in [1.54, 1.807) is 24.3 Å². The van der Waals surface area contributed by atoms with Crippen molar-refractivity contribution in [2.45, 2.75) is 31.9 Å². The molecular formula is C34H36F5N5O. The summed E-state index contributed by atoms with van der Waals surface area (Å²) in [6.07, 6.45) is -1.54. The van der Waals surface area contributed by atoms with E-state index in [2.05, 4.69) is 4.99 Å². The molecule has 0 heterocycles. The van der Waals surface area contributed by atoms with Crippen molar-refractivity contribution in [1.82, 2.24) is 0 Å². The number of rotatable bonds is 14. The second kappa shape index (κ2) is 13.4. The minimum atomic E-state index is -4.58. The van der Waals surface area contributed by atoms with Gasteiger partial charge in [-0.05, 0) is 125 Å². The number of allylic oxidation sites excluding steroid dienone is 4. The number of hydrogen-bond acceptors (Lipinski definition) is 4. The molecule has 6 nitrogen and oxygen atoms in total. The fraction of sp³-hybridized carbons (Fsp3) is 0.324. The van der Waals surface area contributed by atoms with Crippen molar-refractivity contribution in [3.63, 3.8) is 0 Å². The lowest BCUT2D eigenvalue weighted by atomic mass is 9.92. The van der Waals surface area contributed by atoms with Crippen molar-refractivity contribution in [3.8, 4) is 28.0 Å². The molecule has 0 amide bonds. The topological polar surface area (TPSA) is 126 Å². The predicted octanol–water partition coefficient (Wildman–Crippen LogP) is 6.74. The highest BCUT2D eigenvalue weighted by molar-refractivity contribution is 5.86. The molecule has 0 bridgehead atoms. The van der Waals surface area contributed by atoms with Crippen LogP contribution in [0.3, 0.4) is 0 Å². The molecular weight excluding hydrogens is 589 g/mol. The zero-order chi connectivity index (χ0) is 32.3. The Morgan fingerprint density at radius 2 is 1.22 bits per heavy atom. The van der Waals surface area contributed by atoms with Crippen LogP contribution in [0.1, 0.15) is 47.9 Å². The molecule has 0 saturated carbocycles. The Kier molecular flexibility index (Phi) is 9.59. The fourth-order valence-electron chi connectivity index (χ4n) is 5.51. The van der Waals surface area contributed by atoms with Gasteiger partial charge in [-0.3, -0.25) is 4.99 Å². The highest BCUT2D eigenvalue weighted by Crippen LogP contribution is 2.46. The lowest BCUT2D eigenvalue weighted by Crippen LogP contribution is -2.23. The van der Waals surface area contributed by atoms with Gasteiger partial charge in [0.2, 0.25) is 0 Å². The molecule has 5 rings (SSSR count). The first-order chi connectivity index (χ1) is 21.5. The van der Waals surface area contributed by atoms with Gasteiger partial charge in [0.25, 0.3) is 6.43 Å². The quantitative estimate of drug-likeness (QED) is 0.0683. The first kappa shape index (κ1) is 32.2. The van der Waals surface area contributed by atoms with Crippen LogP contribution in [0.2, 0.25) is 0 Å². The van der Waals surface area contributed by atoms with Gasteiger partial charge in [0.15, 0.2) is 5.96 Å². The largest absolute Gasteiger partial charge is 0.493 e. The van der Waals surface area contributed by atoms with E-state index in [1.807, 2.05) is 18.2 Å². The summed E-state index contributed by atoms with van der Waals surface area (Å²) in [6.45, 7) is 1.44. The van der Waals surface area contributed by atoms with Crippen molar-refractivity contribution < 1.29 is 26.7 Å². The van der Waals surface area contributed by atoms with Crippen molar-refractivity contribution in [2.24, 2.45) is 39.8 Å². The van der Waals surface area contributed by atoms with Gasteiger partial charge in [-0.1, -0.05) is 12.2 Å². The molecule has 238 valence electrons. The summed E-state index contributed by atoms with van der Waals surface area (Å²) in [5.41, 5.74) is 25.9. The molecule has 8 N–H and O–H groups in total. The second-order valence-electron chi connectivity index (χ2n) is 11.3. The number of guanidine groups is 1. The molecule has 11 heteroatoms. The Hall–Kier alpha value is -4.22. The van der Waals surface area contributed by atoms with Gasteiger partial charge in [0.1, 0.15) is 5.75 Å². The zero-order valence-electron chi connectivity index (χ0n) is 24.6. The summed E-state index contributed by atoms with van der Waals surface area (Å²) < 4.78 is 76.3. The Balaban J connectivity index is 1.58. The van der Waals surface area contributed by atoms with E-state index in [1.165, 1.54) is 12.1 Å². The van der Waals surface area contributed by atoms with Gasteiger partial charge < -0.3 is 27.7 Å². The van der Waals surface area contributed by atoms with Crippen LogP contribution in [0.15, 0.2) is 71.7 Å². The number of aliphatic imine (C=N–C) groups is 1. The Morgan fingerprint density at radius 3 is 1.76 bits per heavy atom. The Bertz CT molecular complexity index is 1640. The van der Waals surface area contributed by atoms with Gasteiger partial charge in [-0.2, -0.15) is 13.2 Å². The van der Waals surface area contributed by atoms with E-state index in [0.717, 1.165) is 29.7 Å². The van der Waals surface area contributed by atoms with E-state index in [0.29, 0.717) is 71.6 Å². The number of alkyl halides is 5. The molecule has 0 spiro atoms. The van der Waals surface area contributed by atoms with Crippen molar-refractivity contribution >= 4 is 17.1 Å². The van der Waals surface area contributed by atoms with Gasteiger partial charge in [0.05, 0.1) is 12.2 Å². The lowest BCUT2D eigenvalue weighted by molar-refractivity contribution is -0.137. The normalized spacial score (nSPS) is 17.2. The standard InChI is InChI=1S/C34H36F5N5O/c35-32(36)27-11-21(9-25(12-27)30-17-19(30)2-4-40)23-8-24(16-29(15-23)45-7-1-6-44-33(42)43)22-10-26(31-18-20(31)3-5-41)14-28(13-22)34(37,38)39/h8-20,32H,1-7,40-41H2,(H4,42,43,44). The number of nitrogens with two attached hydrogens (primary N) is 4. The van der Waals surface area contributed by atoms with Crippen LogP contribution >= 0.6 is 0 Å². The van der Waals surface area contributed by atoms with Crippen molar-refractivity contribution in [2.75, 3.05) is 26.2 Å². The summed E-state index contributed by atoms with van der Waals surface area (Å²) in [7, 11) is 0. The summed E-state index contributed by atoms with van der Waals surface area (Å²) >= 11 is 0. The maximum atomic E-state index is 14.1. The molecule has 0 aromatic heterocycles.